The molecule has 1 aromatic rings. The lowest BCUT2D eigenvalue weighted by Crippen LogP contribution is -2.10. The highest BCUT2D eigenvalue weighted by atomic mass is 32.2. The monoisotopic (exact) mass is 274 g/mol. The fourth-order valence-electron chi connectivity index (χ4n) is 2.16. The molecule has 0 spiro atoms. The molecular formula is C11H14S4. The lowest BCUT2D eigenvalue weighted by Gasteiger charge is -2.15. The Hall–Kier alpha value is 0.750. The molecule has 0 aromatic carbocycles. The van der Waals surface area contributed by atoms with Crippen molar-refractivity contribution >= 4 is 46.6 Å². The van der Waals surface area contributed by atoms with E-state index in [2.05, 4.69) is 52.8 Å². The van der Waals surface area contributed by atoms with E-state index in [0.717, 1.165) is 15.7 Å². The number of rotatable bonds is 2. The van der Waals surface area contributed by atoms with Crippen molar-refractivity contribution in [2.24, 2.45) is 5.92 Å². The van der Waals surface area contributed by atoms with Gasteiger partial charge >= 0.3 is 0 Å². The third kappa shape index (κ3) is 2.38. The predicted octanol–water partition coefficient (Wildman–Crippen LogP) is 4.35. The maximum Gasteiger partial charge on any atom is 0.0539 e. The fourth-order valence-corrected chi connectivity index (χ4v) is 8.09. The van der Waals surface area contributed by atoms with Crippen molar-refractivity contribution in [2.45, 2.75) is 16.3 Å². The first-order valence-corrected chi connectivity index (χ1v) is 9.34. The van der Waals surface area contributed by atoms with Crippen LogP contribution in [0.2, 0.25) is 0 Å². The van der Waals surface area contributed by atoms with Crippen molar-refractivity contribution in [3.63, 3.8) is 0 Å². The molecule has 2 aliphatic rings. The van der Waals surface area contributed by atoms with Crippen molar-refractivity contribution < 1.29 is 0 Å². The lowest BCUT2D eigenvalue weighted by atomic mass is 10.1. The number of hydrogen-bond acceptors (Lipinski definition) is 4. The van der Waals surface area contributed by atoms with Crippen molar-refractivity contribution in [3.8, 4) is 0 Å². The molecule has 2 aliphatic heterocycles. The van der Waals surface area contributed by atoms with Gasteiger partial charge < -0.3 is 0 Å². The van der Waals surface area contributed by atoms with Crippen LogP contribution in [0.1, 0.15) is 16.5 Å². The smallest absolute Gasteiger partial charge is 0.0539 e. The maximum atomic E-state index is 2.31. The van der Waals surface area contributed by atoms with Gasteiger partial charge in [-0.25, -0.2) is 0 Å². The number of hydrogen-bond donors (Lipinski definition) is 0. The van der Waals surface area contributed by atoms with E-state index in [1.54, 1.807) is 4.88 Å². The third-order valence-electron chi connectivity index (χ3n) is 2.92. The Morgan fingerprint density at radius 3 is 2.73 bits per heavy atom. The highest BCUT2D eigenvalue weighted by Crippen LogP contribution is 2.51. The first-order valence-electron chi connectivity index (χ1n) is 5.32. The summed E-state index contributed by atoms with van der Waals surface area (Å²) in [5, 5.41) is 3.01. The molecule has 0 amide bonds. The van der Waals surface area contributed by atoms with E-state index in [4.69, 9.17) is 0 Å². The highest BCUT2D eigenvalue weighted by Gasteiger charge is 2.34. The molecule has 0 saturated carbocycles. The Labute approximate surface area is 108 Å². The SMILES string of the molecule is c1csc([C@H]2C[C@@H](C3SCCS3)CS2)c1. The van der Waals surface area contributed by atoms with Gasteiger partial charge in [0.05, 0.1) is 4.58 Å². The summed E-state index contributed by atoms with van der Waals surface area (Å²) in [6, 6.07) is 4.49. The van der Waals surface area contributed by atoms with E-state index in [0.29, 0.717) is 0 Å². The Kier molecular flexibility index (Phi) is 3.58. The summed E-state index contributed by atoms with van der Waals surface area (Å²) in [6.45, 7) is 0. The summed E-state index contributed by atoms with van der Waals surface area (Å²) in [5.74, 6) is 5.09. The van der Waals surface area contributed by atoms with Gasteiger partial charge in [-0.2, -0.15) is 11.8 Å². The lowest BCUT2D eigenvalue weighted by molar-refractivity contribution is 0.616. The highest BCUT2D eigenvalue weighted by molar-refractivity contribution is 8.20. The zero-order chi connectivity index (χ0) is 10.1. The molecule has 0 N–H and O–H groups in total. The van der Waals surface area contributed by atoms with Crippen LogP contribution in [0.15, 0.2) is 17.5 Å². The van der Waals surface area contributed by atoms with Crippen LogP contribution < -0.4 is 0 Å². The van der Waals surface area contributed by atoms with Crippen LogP contribution in [0.5, 0.6) is 0 Å². The number of thioether (sulfide) groups is 3. The summed E-state index contributed by atoms with van der Waals surface area (Å²) in [5.41, 5.74) is 0. The van der Waals surface area contributed by atoms with Crippen LogP contribution in [-0.2, 0) is 0 Å². The largest absolute Gasteiger partial charge is 0.153 e. The molecule has 2 saturated heterocycles. The van der Waals surface area contributed by atoms with Crippen molar-refractivity contribution in [1.82, 2.24) is 0 Å². The van der Waals surface area contributed by atoms with Crippen LogP contribution in [0.25, 0.3) is 0 Å². The van der Waals surface area contributed by atoms with Gasteiger partial charge in [-0.15, -0.1) is 34.9 Å². The van der Waals surface area contributed by atoms with E-state index in [9.17, 15) is 0 Å². The van der Waals surface area contributed by atoms with Gasteiger partial charge in [0.2, 0.25) is 0 Å². The van der Waals surface area contributed by atoms with Gasteiger partial charge in [0.1, 0.15) is 0 Å². The Morgan fingerprint density at radius 2 is 2.00 bits per heavy atom. The van der Waals surface area contributed by atoms with Crippen LogP contribution >= 0.6 is 46.6 Å². The van der Waals surface area contributed by atoms with Gasteiger partial charge in [-0.1, -0.05) is 6.07 Å². The van der Waals surface area contributed by atoms with Gasteiger partial charge in [-0.05, 0) is 29.5 Å². The molecule has 1 aromatic heterocycles. The minimum Gasteiger partial charge on any atom is -0.153 e. The van der Waals surface area contributed by atoms with E-state index >= 15 is 0 Å². The average Bonchev–Trinajstić information content (AvgIpc) is 3.02. The summed E-state index contributed by atoms with van der Waals surface area (Å²) < 4.78 is 0.905. The molecule has 0 radical (unpaired) electrons. The first-order chi connectivity index (χ1) is 7.43. The summed E-state index contributed by atoms with van der Waals surface area (Å²) in [4.78, 5) is 1.59. The molecule has 0 aliphatic carbocycles. The van der Waals surface area contributed by atoms with Gasteiger partial charge in [0.25, 0.3) is 0 Å². The van der Waals surface area contributed by atoms with Crippen LogP contribution in [0.3, 0.4) is 0 Å². The zero-order valence-electron chi connectivity index (χ0n) is 8.43. The minimum absolute atomic E-state index is 0.803. The topological polar surface area (TPSA) is 0 Å². The van der Waals surface area contributed by atoms with Gasteiger partial charge in [0.15, 0.2) is 0 Å². The molecule has 4 heteroatoms. The molecule has 0 bridgehead atoms. The summed E-state index contributed by atoms with van der Waals surface area (Å²) >= 11 is 8.49. The molecule has 2 atom stereocenters. The van der Waals surface area contributed by atoms with Crippen LogP contribution in [0.4, 0.5) is 0 Å². The van der Waals surface area contributed by atoms with E-state index in [-0.39, 0.29) is 0 Å². The second-order valence-electron chi connectivity index (χ2n) is 3.94. The summed E-state index contributed by atoms with van der Waals surface area (Å²) in [7, 11) is 0. The second-order valence-corrected chi connectivity index (χ2v) is 8.96. The Bertz CT molecular complexity index is 302. The number of thiophene rings is 1. The Balaban J connectivity index is 1.63. The van der Waals surface area contributed by atoms with Crippen LogP contribution in [0, 0.1) is 5.92 Å². The molecule has 3 heterocycles. The van der Waals surface area contributed by atoms with Crippen LogP contribution in [-0.4, -0.2) is 21.8 Å². The normalized spacial score (nSPS) is 32.5. The zero-order valence-corrected chi connectivity index (χ0v) is 11.7. The second kappa shape index (κ2) is 4.94. The average molecular weight is 275 g/mol. The molecular weight excluding hydrogens is 260 g/mol. The van der Waals surface area contributed by atoms with E-state index in [1.807, 2.05) is 11.3 Å². The minimum atomic E-state index is 0.803. The van der Waals surface area contributed by atoms with E-state index in [1.165, 1.54) is 23.7 Å². The van der Waals surface area contributed by atoms with Crippen molar-refractivity contribution in [1.29, 1.82) is 0 Å². The molecule has 0 unspecified atom stereocenters. The maximum absolute atomic E-state index is 2.31. The fraction of sp³-hybridized carbons (Fsp3) is 0.636. The standard InChI is InChI=1S/C11H14S4/c1-2-9(12-3-1)10-6-8(7-15-10)11-13-4-5-14-11/h1-3,8,10-11H,4-7H2/t8-,10-/m1/s1. The quantitative estimate of drug-likeness (QED) is 0.787. The molecule has 82 valence electrons. The van der Waals surface area contributed by atoms with Gasteiger partial charge in [-0.3, -0.25) is 0 Å². The Morgan fingerprint density at radius 1 is 1.13 bits per heavy atom. The molecule has 3 rings (SSSR count). The third-order valence-corrected chi connectivity index (χ3v) is 8.91. The van der Waals surface area contributed by atoms with Crippen molar-refractivity contribution in [2.75, 3.05) is 17.3 Å². The van der Waals surface area contributed by atoms with Crippen molar-refractivity contribution in [3.05, 3.63) is 22.4 Å². The molecule has 0 nitrogen and oxygen atoms in total. The predicted molar refractivity (Wildman–Crippen MR) is 76.3 cm³/mol. The van der Waals surface area contributed by atoms with Gasteiger partial charge in [0, 0.05) is 21.6 Å². The van der Waals surface area contributed by atoms with E-state index < -0.39 is 0 Å². The molecule has 15 heavy (non-hydrogen) atoms. The first kappa shape index (κ1) is 10.9. The summed E-state index contributed by atoms with van der Waals surface area (Å²) in [6.07, 6.45) is 1.41. The molecule has 2 fully saturated rings.